The molecule has 7 atom stereocenters. The highest BCUT2D eigenvalue weighted by molar-refractivity contribution is 5.88. The molecule has 0 aromatic heterocycles. The number of amides is 1. The van der Waals surface area contributed by atoms with Crippen molar-refractivity contribution in [1.82, 2.24) is 26.4 Å². The van der Waals surface area contributed by atoms with Gasteiger partial charge < -0.3 is 15.4 Å². The molecule has 0 bridgehead atoms. The van der Waals surface area contributed by atoms with Crippen molar-refractivity contribution < 1.29 is 13.9 Å². The van der Waals surface area contributed by atoms with E-state index in [1.165, 1.54) is 19.3 Å². The second-order valence-electron chi connectivity index (χ2n) is 10.5. The zero-order valence-corrected chi connectivity index (χ0v) is 19.1. The van der Waals surface area contributed by atoms with E-state index in [4.69, 9.17) is 4.74 Å². The summed E-state index contributed by atoms with van der Waals surface area (Å²) in [4.78, 5) is 13.0. The molecule has 0 radical (unpaired) electrons. The lowest BCUT2D eigenvalue weighted by molar-refractivity contribution is -0.147. The lowest BCUT2D eigenvalue weighted by Gasteiger charge is -2.45. The van der Waals surface area contributed by atoms with Gasteiger partial charge in [0.1, 0.15) is 5.67 Å². The van der Waals surface area contributed by atoms with Crippen LogP contribution in [-0.2, 0) is 9.53 Å². The molecule has 0 aromatic carbocycles. The summed E-state index contributed by atoms with van der Waals surface area (Å²) in [7, 11) is 1.68. The normalized spacial score (nSPS) is 45.2. The quantitative estimate of drug-likeness (QED) is 0.520. The molecule has 5 aliphatic rings. The van der Waals surface area contributed by atoms with Gasteiger partial charge in [0, 0.05) is 31.7 Å². The lowest BCUT2D eigenvalue weighted by Crippen LogP contribution is -2.59. The van der Waals surface area contributed by atoms with Crippen molar-refractivity contribution in [3.8, 4) is 0 Å². The fourth-order valence-electron chi connectivity index (χ4n) is 7.55. The Morgan fingerprint density at radius 3 is 2.65 bits per heavy atom. The fraction of sp³-hybridized carbons (Fsp3) is 0.957. The van der Waals surface area contributed by atoms with Crippen molar-refractivity contribution in [3.63, 3.8) is 0 Å². The van der Waals surface area contributed by atoms with Crippen LogP contribution in [-0.4, -0.2) is 73.7 Å². The van der Waals surface area contributed by atoms with Gasteiger partial charge in [-0.1, -0.05) is 19.8 Å². The van der Waals surface area contributed by atoms with Gasteiger partial charge in [-0.2, -0.15) is 0 Å². The van der Waals surface area contributed by atoms with Crippen LogP contribution in [0.15, 0.2) is 0 Å². The molecule has 4 aliphatic heterocycles. The Labute approximate surface area is 185 Å². The molecule has 0 spiro atoms. The molecule has 1 saturated carbocycles. The minimum absolute atomic E-state index is 0.0133. The van der Waals surface area contributed by atoms with Crippen molar-refractivity contribution >= 4 is 5.91 Å². The first-order chi connectivity index (χ1) is 15.0. The van der Waals surface area contributed by atoms with E-state index in [2.05, 4.69) is 33.3 Å². The number of hydrogen-bond acceptors (Lipinski definition) is 6. The number of carbonyl (C=O) groups excluding carboxylic acids is 1. The van der Waals surface area contributed by atoms with Crippen molar-refractivity contribution in [3.05, 3.63) is 0 Å². The summed E-state index contributed by atoms with van der Waals surface area (Å²) in [6, 6.07) is 0.678. The summed E-state index contributed by atoms with van der Waals surface area (Å²) in [5, 5.41) is 12.3. The third-order valence-electron chi connectivity index (χ3n) is 9.13. The number of piperidine rings is 2. The first-order valence-corrected chi connectivity index (χ1v) is 12.5. The summed E-state index contributed by atoms with van der Waals surface area (Å²) in [5.74, 6) is 0.940. The molecular weight excluding hydrogens is 397 g/mol. The van der Waals surface area contributed by atoms with E-state index in [0.29, 0.717) is 43.7 Å². The highest BCUT2D eigenvalue weighted by Gasteiger charge is 2.62. The third-order valence-corrected chi connectivity index (χ3v) is 9.13. The Morgan fingerprint density at radius 1 is 1.13 bits per heavy atom. The van der Waals surface area contributed by atoms with Gasteiger partial charge in [-0.3, -0.25) is 15.5 Å². The second kappa shape index (κ2) is 8.52. The van der Waals surface area contributed by atoms with Gasteiger partial charge in [-0.15, -0.1) is 0 Å². The number of ether oxygens (including phenoxy) is 1. The number of nitrogens with one attached hydrogen (secondary N) is 4. The predicted molar refractivity (Wildman–Crippen MR) is 117 cm³/mol. The van der Waals surface area contributed by atoms with Gasteiger partial charge in [-0.25, -0.2) is 9.40 Å². The van der Waals surface area contributed by atoms with Crippen LogP contribution in [0.25, 0.3) is 0 Å². The first kappa shape index (κ1) is 22.0. The van der Waals surface area contributed by atoms with Gasteiger partial charge >= 0.3 is 0 Å². The molecule has 4 N–H and O–H groups in total. The SMILES string of the molecule is CC[C@]1(OC)C(=O)NC2NCCC(C3NN(CC4(F)CCNCC4)C4CCCCC34)C21. The average Bonchev–Trinajstić information content (AvgIpc) is 3.28. The van der Waals surface area contributed by atoms with E-state index in [1.807, 2.05) is 0 Å². The Bertz CT molecular complexity index is 668. The first-order valence-electron chi connectivity index (χ1n) is 12.5. The zero-order valence-electron chi connectivity index (χ0n) is 19.1. The summed E-state index contributed by atoms with van der Waals surface area (Å²) in [5.41, 5.74) is 1.95. The van der Waals surface area contributed by atoms with Gasteiger partial charge in [-0.05, 0) is 70.0 Å². The van der Waals surface area contributed by atoms with Gasteiger partial charge in [0.15, 0.2) is 5.60 Å². The second-order valence-corrected chi connectivity index (χ2v) is 10.5. The predicted octanol–water partition coefficient (Wildman–Crippen LogP) is 1.30. The molecule has 176 valence electrons. The van der Waals surface area contributed by atoms with Crippen LogP contribution in [0.1, 0.15) is 58.3 Å². The topological polar surface area (TPSA) is 77.7 Å². The van der Waals surface area contributed by atoms with E-state index in [1.54, 1.807) is 7.11 Å². The summed E-state index contributed by atoms with van der Waals surface area (Å²) in [6.45, 7) is 4.95. The molecule has 5 rings (SSSR count). The van der Waals surface area contributed by atoms with Crippen molar-refractivity contribution in [2.75, 3.05) is 33.3 Å². The number of hydrogen-bond donors (Lipinski definition) is 4. The number of nitrogens with zero attached hydrogens (tertiary/aromatic N) is 1. The van der Waals surface area contributed by atoms with E-state index < -0.39 is 11.3 Å². The number of fused-ring (bicyclic) bond motifs is 2. The number of alkyl halides is 1. The Balaban J connectivity index is 1.41. The Kier molecular flexibility index (Phi) is 6.05. The number of methoxy groups -OCH3 is 1. The molecule has 1 aliphatic carbocycles. The standard InChI is InChI=1S/C23H40FN5O2/c1-3-23(31-2)18-16(8-11-26-20(18)27-21(23)30)19-15-6-4-5-7-17(15)29(28-19)14-22(24)9-12-25-13-10-22/h15-20,25-26,28H,3-14H2,1-2H3,(H,27,30)/t15?,16?,17?,18?,19?,20?,23-/m1/s1. The van der Waals surface area contributed by atoms with Crippen LogP contribution >= 0.6 is 0 Å². The van der Waals surface area contributed by atoms with Crippen LogP contribution in [0.5, 0.6) is 0 Å². The average molecular weight is 438 g/mol. The molecule has 4 heterocycles. The molecule has 7 nitrogen and oxygen atoms in total. The maximum Gasteiger partial charge on any atom is 0.253 e. The molecule has 8 heteroatoms. The molecule has 5 fully saturated rings. The van der Waals surface area contributed by atoms with Crippen LogP contribution < -0.4 is 21.4 Å². The van der Waals surface area contributed by atoms with Crippen LogP contribution in [0.3, 0.4) is 0 Å². The van der Waals surface area contributed by atoms with E-state index in [-0.39, 0.29) is 24.0 Å². The van der Waals surface area contributed by atoms with Crippen LogP contribution in [0.4, 0.5) is 4.39 Å². The highest BCUT2D eigenvalue weighted by atomic mass is 19.1. The summed E-state index contributed by atoms with van der Waals surface area (Å²) >= 11 is 0. The van der Waals surface area contributed by atoms with Gasteiger partial charge in [0.05, 0.1) is 6.17 Å². The highest BCUT2D eigenvalue weighted by Crippen LogP contribution is 2.48. The van der Waals surface area contributed by atoms with E-state index in [9.17, 15) is 4.79 Å². The number of rotatable bonds is 5. The summed E-state index contributed by atoms with van der Waals surface area (Å²) in [6.07, 6.45) is 7.62. The summed E-state index contributed by atoms with van der Waals surface area (Å²) < 4.78 is 21.6. The maximum absolute atomic E-state index is 15.6. The zero-order chi connectivity index (χ0) is 21.6. The number of halogens is 1. The number of carbonyl (C=O) groups is 1. The lowest BCUT2D eigenvalue weighted by atomic mass is 9.66. The minimum Gasteiger partial charge on any atom is -0.368 e. The van der Waals surface area contributed by atoms with Gasteiger partial charge in [0.25, 0.3) is 5.91 Å². The third kappa shape index (κ3) is 3.62. The van der Waals surface area contributed by atoms with Crippen LogP contribution in [0, 0.1) is 17.8 Å². The van der Waals surface area contributed by atoms with Gasteiger partial charge in [0.2, 0.25) is 0 Å². The Morgan fingerprint density at radius 2 is 1.90 bits per heavy atom. The molecule has 31 heavy (non-hydrogen) atoms. The van der Waals surface area contributed by atoms with Crippen molar-refractivity contribution in [2.45, 2.75) is 87.8 Å². The molecule has 4 saturated heterocycles. The molecular formula is C23H40FN5O2. The maximum atomic E-state index is 15.6. The van der Waals surface area contributed by atoms with E-state index >= 15 is 4.39 Å². The molecule has 0 aromatic rings. The smallest absolute Gasteiger partial charge is 0.253 e. The Hall–Kier alpha value is -0.800. The molecule has 1 amide bonds. The fourth-order valence-corrected chi connectivity index (χ4v) is 7.55. The minimum atomic E-state index is -1.11. The monoisotopic (exact) mass is 437 g/mol. The molecule has 6 unspecified atom stereocenters. The van der Waals surface area contributed by atoms with Crippen molar-refractivity contribution in [1.29, 1.82) is 0 Å². The van der Waals surface area contributed by atoms with Crippen LogP contribution in [0.2, 0.25) is 0 Å². The number of hydrazine groups is 1. The largest absolute Gasteiger partial charge is 0.368 e. The van der Waals surface area contributed by atoms with E-state index in [0.717, 1.165) is 32.5 Å². The van der Waals surface area contributed by atoms with Crippen molar-refractivity contribution in [2.24, 2.45) is 17.8 Å².